The Morgan fingerprint density at radius 1 is 0.634 bits per heavy atom. The molecule has 2 aliphatic heterocycles. The lowest BCUT2D eigenvalue weighted by atomic mass is 9.52. The Morgan fingerprint density at radius 2 is 1.00 bits per heavy atom. The Kier molecular flexibility index (Phi) is 6.10. The van der Waals surface area contributed by atoms with Crippen LogP contribution in [0.3, 0.4) is 0 Å². The predicted octanol–water partition coefficient (Wildman–Crippen LogP) is 4.20. The highest BCUT2D eigenvalue weighted by Crippen LogP contribution is 2.61. The number of ether oxygens (including phenoxy) is 1. The second-order valence-corrected chi connectivity index (χ2v) is 12.1. The van der Waals surface area contributed by atoms with Gasteiger partial charge in [-0.1, -0.05) is 41.5 Å². The highest BCUT2D eigenvalue weighted by Gasteiger charge is 2.71. The number of anilines is 2. The molecule has 8 nitrogen and oxygen atoms in total. The first-order chi connectivity index (χ1) is 19.4. The number of benzene rings is 2. The molecule has 1 saturated carbocycles. The average molecular weight is 555 g/mol. The topological polar surface area (TPSA) is 101 Å². The SMILES string of the molecule is CCOC(=O)C1=CC2[C@H]3C(=O)N(c4c(C)cc(C)cc4C)C(=O)[C@@H]3C1[C@@H]1C(=O)N(c3c(C)cc(C)cc3C)C(=O)[C@@H]21. The molecule has 2 unspecified atom stereocenters. The molecule has 5 aliphatic rings. The fourth-order valence-corrected chi connectivity index (χ4v) is 8.26. The van der Waals surface area contributed by atoms with Crippen molar-refractivity contribution < 1.29 is 28.7 Å². The van der Waals surface area contributed by atoms with Crippen LogP contribution in [-0.4, -0.2) is 36.2 Å². The van der Waals surface area contributed by atoms with Crippen molar-refractivity contribution in [2.75, 3.05) is 16.4 Å². The van der Waals surface area contributed by atoms with E-state index in [9.17, 15) is 24.0 Å². The number of imide groups is 2. The molecule has 0 aromatic heterocycles. The van der Waals surface area contributed by atoms with Crippen LogP contribution in [0.5, 0.6) is 0 Å². The van der Waals surface area contributed by atoms with Gasteiger partial charge in [-0.3, -0.25) is 19.2 Å². The summed E-state index contributed by atoms with van der Waals surface area (Å²) in [4.78, 5) is 72.5. The van der Waals surface area contributed by atoms with E-state index in [0.717, 1.165) is 33.4 Å². The minimum atomic E-state index is -0.936. The number of hydrogen-bond acceptors (Lipinski definition) is 6. The van der Waals surface area contributed by atoms with Crippen molar-refractivity contribution in [2.45, 2.75) is 48.5 Å². The standard InChI is InChI=1S/C33H34N2O6/c1-8-41-33(40)21-13-20-23-25(31(38)34(29(23)36)27-16(4)9-14(2)10-17(27)5)22(21)26-24(20)30(37)35(32(26)39)28-18(6)11-15(3)12-19(28)7/h9-13,20,22-26H,8H2,1-7H3/t20?,22?,23-,24+,25-,26+. The van der Waals surface area contributed by atoms with Gasteiger partial charge < -0.3 is 4.74 Å². The van der Waals surface area contributed by atoms with Crippen molar-refractivity contribution in [2.24, 2.45) is 35.5 Å². The molecular formula is C33H34N2O6. The van der Waals surface area contributed by atoms with Crippen molar-refractivity contribution in [3.05, 3.63) is 69.3 Å². The monoisotopic (exact) mass is 554 g/mol. The minimum Gasteiger partial charge on any atom is -0.463 e. The second kappa shape index (κ2) is 9.23. The van der Waals surface area contributed by atoms with Crippen molar-refractivity contribution in [3.8, 4) is 0 Å². The number of allylic oxidation sites excluding steroid dienone is 1. The van der Waals surface area contributed by atoms with Crippen LogP contribution in [0.4, 0.5) is 11.4 Å². The number of rotatable bonds is 4. The van der Waals surface area contributed by atoms with Gasteiger partial charge >= 0.3 is 5.97 Å². The molecule has 3 aliphatic carbocycles. The molecule has 7 rings (SSSR count). The number of esters is 1. The highest BCUT2D eigenvalue weighted by atomic mass is 16.5. The normalized spacial score (nSPS) is 28.3. The fourth-order valence-electron chi connectivity index (χ4n) is 8.26. The first kappa shape index (κ1) is 27.1. The fraction of sp³-hybridized carbons (Fsp3) is 0.424. The first-order valence-corrected chi connectivity index (χ1v) is 14.2. The number of amides is 4. The molecule has 2 aromatic carbocycles. The average Bonchev–Trinajstić information content (AvgIpc) is 3.30. The van der Waals surface area contributed by atoms with Gasteiger partial charge in [-0.05, 0) is 70.7 Å². The first-order valence-electron chi connectivity index (χ1n) is 14.2. The van der Waals surface area contributed by atoms with E-state index in [4.69, 9.17) is 4.74 Å². The molecule has 3 fully saturated rings. The molecule has 212 valence electrons. The van der Waals surface area contributed by atoms with Gasteiger partial charge in [0.15, 0.2) is 0 Å². The molecule has 2 saturated heterocycles. The van der Waals surface area contributed by atoms with E-state index < -0.39 is 53.3 Å². The zero-order valence-electron chi connectivity index (χ0n) is 24.4. The summed E-state index contributed by atoms with van der Waals surface area (Å²) in [6.07, 6.45) is 1.65. The van der Waals surface area contributed by atoms with Crippen LogP contribution in [0.1, 0.15) is 40.3 Å². The molecule has 2 aromatic rings. The summed E-state index contributed by atoms with van der Waals surface area (Å²) < 4.78 is 5.35. The minimum absolute atomic E-state index is 0.122. The predicted molar refractivity (Wildman–Crippen MR) is 152 cm³/mol. The zero-order chi connectivity index (χ0) is 29.7. The molecule has 0 N–H and O–H groups in total. The lowest BCUT2D eigenvalue weighted by Gasteiger charge is -2.46. The molecule has 6 atom stereocenters. The zero-order valence-corrected chi connectivity index (χ0v) is 24.4. The molecule has 2 heterocycles. The second-order valence-electron chi connectivity index (χ2n) is 12.1. The van der Waals surface area contributed by atoms with Gasteiger partial charge in [-0.25, -0.2) is 14.6 Å². The van der Waals surface area contributed by atoms with Crippen molar-refractivity contribution in [3.63, 3.8) is 0 Å². The Morgan fingerprint density at radius 3 is 1.37 bits per heavy atom. The highest BCUT2D eigenvalue weighted by molar-refractivity contribution is 6.27. The molecule has 41 heavy (non-hydrogen) atoms. The number of carbonyl (C=O) groups is 5. The number of aryl methyl sites for hydroxylation is 6. The third kappa shape index (κ3) is 3.62. The quantitative estimate of drug-likeness (QED) is 0.415. The van der Waals surface area contributed by atoms with Gasteiger partial charge in [-0.15, -0.1) is 0 Å². The Labute approximate surface area is 239 Å². The molecule has 0 spiro atoms. The van der Waals surface area contributed by atoms with Crippen LogP contribution >= 0.6 is 0 Å². The smallest absolute Gasteiger partial charge is 0.334 e. The summed E-state index contributed by atoms with van der Waals surface area (Å²) in [5, 5.41) is 0. The summed E-state index contributed by atoms with van der Waals surface area (Å²) in [5.74, 6) is -7.52. The van der Waals surface area contributed by atoms with Crippen molar-refractivity contribution in [1.29, 1.82) is 0 Å². The van der Waals surface area contributed by atoms with E-state index in [0.29, 0.717) is 11.4 Å². The van der Waals surface area contributed by atoms with Crippen LogP contribution in [0.25, 0.3) is 0 Å². The van der Waals surface area contributed by atoms with Gasteiger partial charge in [0, 0.05) is 17.4 Å². The number of nitrogens with zero attached hydrogens (tertiary/aromatic N) is 2. The summed E-state index contributed by atoms with van der Waals surface area (Å²) in [7, 11) is 0. The summed E-state index contributed by atoms with van der Waals surface area (Å²) in [6, 6.07) is 7.70. The molecule has 8 heteroatoms. The van der Waals surface area contributed by atoms with Gasteiger partial charge in [-0.2, -0.15) is 0 Å². The van der Waals surface area contributed by atoms with Crippen molar-refractivity contribution >= 4 is 41.0 Å². The van der Waals surface area contributed by atoms with Crippen LogP contribution in [0.15, 0.2) is 35.9 Å². The number of hydrogen-bond donors (Lipinski definition) is 0. The van der Waals surface area contributed by atoms with Crippen LogP contribution in [0, 0.1) is 77.0 Å². The van der Waals surface area contributed by atoms with E-state index in [1.54, 1.807) is 13.0 Å². The van der Waals surface area contributed by atoms with Gasteiger partial charge in [0.2, 0.25) is 23.6 Å². The van der Waals surface area contributed by atoms with E-state index in [1.165, 1.54) is 9.80 Å². The van der Waals surface area contributed by atoms with E-state index in [1.807, 2.05) is 65.8 Å². The lowest BCUT2D eigenvalue weighted by Crippen LogP contribution is -2.53. The largest absolute Gasteiger partial charge is 0.463 e. The lowest BCUT2D eigenvalue weighted by molar-refractivity contribution is -0.146. The van der Waals surface area contributed by atoms with E-state index in [2.05, 4.69) is 0 Å². The molecule has 4 amide bonds. The molecular weight excluding hydrogens is 520 g/mol. The van der Waals surface area contributed by atoms with Crippen LogP contribution in [-0.2, 0) is 28.7 Å². The summed E-state index contributed by atoms with van der Waals surface area (Å²) >= 11 is 0. The maximum absolute atomic E-state index is 14.2. The number of carbonyl (C=O) groups excluding carboxylic acids is 5. The summed E-state index contributed by atoms with van der Waals surface area (Å²) in [5.41, 5.74) is 6.48. The summed E-state index contributed by atoms with van der Waals surface area (Å²) in [6.45, 7) is 13.2. The molecule has 0 radical (unpaired) electrons. The van der Waals surface area contributed by atoms with Crippen molar-refractivity contribution in [1.82, 2.24) is 0 Å². The maximum atomic E-state index is 14.2. The maximum Gasteiger partial charge on any atom is 0.334 e. The van der Waals surface area contributed by atoms with E-state index in [-0.39, 0.29) is 24.0 Å². The van der Waals surface area contributed by atoms with Crippen LogP contribution in [0.2, 0.25) is 0 Å². The third-order valence-electron chi connectivity index (χ3n) is 9.36. The van der Waals surface area contributed by atoms with Crippen LogP contribution < -0.4 is 9.80 Å². The Balaban J connectivity index is 1.50. The third-order valence-corrected chi connectivity index (χ3v) is 9.36. The Hall–Kier alpha value is -4.07. The van der Waals surface area contributed by atoms with Gasteiger partial charge in [0.25, 0.3) is 0 Å². The Bertz CT molecular complexity index is 1470. The van der Waals surface area contributed by atoms with E-state index >= 15 is 0 Å². The van der Waals surface area contributed by atoms with Gasteiger partial charge in [0.1, 0.15) is 0 Å². The molecule has 2 bridgehead atoms. The van der Waals surface area contributed by atoms with Gasteiger partial charge in [0.05, 0.1) is 41.7 Å².